The minimum absolute atomic E-state index is 0.0169. The van der Waals surface area contributed by atoms with E-state index in [1.54, 1.807) is 6.92 Å². The lowest BCUT2D eigenvalue weighted by atomic mass is 9.92. The number of benzene rings is 2. The fourth-order valence-electron chi connectivity index (χ4n) is 4.98. The van der Waals surface area contributed by atoms with Crippen molar-refractivity contribution in [2.75, 3.05) is 6.54 Å². The van der Waals surface area contributed by atoms with Crippen molar-refractivity contribution in [3.8, 4) is 11.1 Å². The largest absolute Gasteiger partial charge is 0.545 e. The summed E-state index contributed by atoms with van der Waals surface area (Å²) in [5.74, 6) is -2.24. The highest BCUT2D eigenvalue weighted by molar-refractivity contribution is 6.06. The summed E-state index contributed by atoms with van der Waals surface area (Å²) in [6, 6.07) is 15.5. The molecule has 1 aliphatic rings. The van der Waals surface area contributed by atoms with Crippen LogP contribution in [0.5, 0.6) is 0 Å². The van der Waals surface area contributed by atoms with Crippen LogP contribution in [0.3, 0.4) is 0 Å². The third-order valence-electron chi connectivity index (χ3n) is 6.85. The molecule has 0 aliphatic carbocycles. The molecular formula is C28H28N3O6-. The summed E-state index contributed by atoms with van der Waals surface area (Å²) < 4.78 is 5.99. The van der Waals surface area contributed by atoms with E-state index >= 15 is 0 Å². The van der Waals surface area contributed by atoms with E-state index < -0.39 is 23.0 Å². The molecule has 9 heteroatoms. The van der Waals surface area contributed by atoms with Crippen molar-refractivity contribution in [1.29, 1.82) is 0 Å². The third kappa shape index (κ3) is 5.51. The smallest absolute Gasteiger partial charge is 0.340 e. The van der Waals surface area contributed by atoms with Gasteiger partial charge in [0.25, 0.3) is 5.69 Å². The van der Waals surface area contributed by atoms with E-state index in [9.17, 15) is 24.8 Å². The molecule has 0 amide bonds. The van der Waals surface area contributed by atoms with Crippen molar-refractivity contribution >= 4 is 17.6 Å². The second kappa shape index (κ2) is 10.9. The summed E-state index contributed by atoms with van der Waals surface area (Å²) in [6.45, 7) is 6.68. The number of carbonyl (C=O) groups is 2. The first kappa shape index (κ1) is 26.0. The number of ether oxygens (including phenoxy) is 1. The quantitative estimate of drug-likeness (QED) is 0.271. The number of carbonyl (C=O) groups excluding carboxylic acids is 2. The van der Waals surface area contributed by atoms with Crippen LogP contribution in [-0.4, -0.2) is 45.4 Å². The summed E-state index contributed by atoms with van der Waals surface area (Å²) >= 11 is 0. The number of aryl methyl sites for hydroxylation is 2. The molecule has 0 N–H and O–H groups in total. The molecule has 1 saturated heterocycles. The van der Waals surface area contributed by atoms with Gasteiger partial charge in [-0.05, 0) is 51.3 Å². The fourth-order valence-corrected chi connectivity index (χ4v) is 4.98. The maximum Gasteiger partial charge on any atom is 0.340 e. The zero-order valence-electron chi connectivity index (χ0n) is 21.0. The highest BCUT2D eigenvalue weighted by atomic mass is 16.6. The number of carboxylic acids is 1. The van der Waals surface area contributed by atoms with E-state index in [1.807, 2.05) is 25.1 Å². The summed E-state index contributed by atoms with van der Waals surface area (Å²) in [6.07, 6.45) is 1.08. The fraction of sp³-hybridized carbons (Fsp3) is 0.321. The number of esters is 1. The van der Waals surface area contributed by atoms with Gasteiger partial charge < -0.3 is 14.6 Å². The number of hydrogen-bond acceptors (Lipinski definition) is 8. The zero-order chi connectivity index (χ0) is 26.7. The Bertz CT molecular complexity index is 1340. The first-order valence-corrected chi connectivity index (χ1v) is 12.1. The first-order valence-electron chi connectivity index (χ1n) is 12.1. The standard InChI is InChI=1S/C28H29N3O6/c1-17-24(27(32)33)26(21-11-7-12-22(15-21)31(35)36)25(18(2)29-17)28(34)37-23-13-8-14-30(19(23)3)16-20-9-5-4-6-10-20/h4-7,9-12,15,19,23H,8,13-14,16H2,1-3H3,(H,32,33)/p-1. The van der Waals surface area contributed by atoms with Gasteiger partial charge in [0.1, 0.15) is 6.10 Å². The van der Waals surface area contributed by atoms with E-state index in [0.717, 1.165) is 25.1 Å². The molecule has 37 heavy (non-hydrogen) atoms. The topological polar surface area (TPSA) is 126 Å². The summed E-state index contributed by atoms with van der Waals surface area (Å²) in [7, 11) is 0. The van der Waals surface area contributed by atoms with E-state index in [1.165, 1.54) is 31.2 Å². The van der Waals surface area contributed by atoms with Gasteiger partial charge in [0.2, 0.25) is 0 Å². The average molecular weight is 503 g/mol. The van der Waals surface area contributed by atoms with Crippen LogP contribution in [-0.2, 0) is 11.3 Å². The molecule has 0 spiro atoms. The number of nitrogens with zero attached hydrogens (tertiary/aromatic N) is 3. The SMILES string of the molecule is Cc1nc(C)c(C(=O)OC2CCCN(Cc3ccccc3)C2C)c(-c2cccc([N+](=O)[O-])c2)c1C(=O)[O-]. The Kier molecular flexibility index (Phi) is 7.63. The lowest BCUT2D eigenvalue weighted by Crippen LogP contribution is -2.47. The van der Waals surface area contributed by atoms with Crippen molar-refractivity contribution in [1.82, 2.24) is 9.88 Å². The lowest BCUT2D eigenvalue weighted by Gasteiger charge is -2.39. The van der Waals surface area contributed by atoms with E-state index in [0.29, 0.717) is 6.42 Å². The molecule has 4 rings (SSSR count). The summed E-state index contributed by atoms with van der Waals surface area (Å²) in [5, 5.41) is 23.5. The Hall–Kier alpha value is -4.11. The van der Waals surface area contributed by atoms with Crippen molar-refractivity contribution in [3.63, 3.8) is 0 Å². The molecule has 1 aliphatic heterocycles. The molecular weight excluding hydrogens is 474 g/mol. The lowest BCUT2D eigenvalue weighted by molar-refractivity contribution is -0.384. The van der Waals surface area contributed by atoms with Crippen LogP contribution in [0.15, 0.2) is 54.6 Å². The van der Waals surface area contributed by atoms with Crippen LogP contribution >= 0.6 is 0 Å². The second-order valence-corrected chi connectivity index (χ2v) is 9.29. The molecule has 0 saturated carbocycles. The number of nitro groups is 1. The number of hydrogen-bond donors (Lipinski definition) is 0. The van der Waals surface area contributed by atoms with Gasteiger partial charge in [-0.25, -0.2) is 4.79 Å². The number of aromatic nitrogens is 1. The van der Waals surface area contributed by atoms with E-state index in [2.05, 4.69) is 22.0 Å². The number of piperidine rings is 1. The number of carboxylic acid groups (broad SMARTS) is 1. The maximum atomic E-state index is 13.6. The predicted octanol–water partition coefficient (Wildman–Crippen LogP) is 3.85. The Morgan fingerprint density at radius 2 is 1.78 bits per heavy atom. The van der Waals surface area contributed by atoms with Crippen molar-refractivity contribution in [3.05, 3.63) is 92.8 Å². The normalized spacial score (nSPS) is 17.8. The number of nitro benzene ring substituents is 1. The van der Waals surface area contributed by atoms with E-state index in [-0.39, 0.29) is 45.4 Å². The van der Waals surface area contributed by atoms with Crippen LogP contribution in [0.2, 0.25) is 0 Å². The van der Waals surface area contributed by atoms with Crippen LogP contribution in [0.4, 0.5) is 5.69 Å². The average Bonchev–Trinajstić information content (AvgIpc) is 2.86. The van der Waals surface area contributed by atoms with Crippen LogP contribution < -0.4 is 5.11 Å². The van der Waals surface area contributed by atoms with Gasteiger partial charge in [-0.15, -0.1) is 0 Å². The molecule has 3 aromatic rings. The molecule has 1 aromatic heterocycles. The number of rotatable bonds is 7. The molecule has 0 radical (unpaired) electrons. The Morgan fingerprint density at radius 1 is 1.08 bits per heavy atom. The number of aromatic carboxylic acids is 1. The second-order valence-electron chi connectivity index (χ2n) is 9.29. The molecule has 9 nitrogen and oxygen atoms in total. The van der Waals surface area contributed by atoms with Gasteiger partial charge in [0.15, 0.2) is 0 Å². The minimum Gasteiger partial charge on any atom is -0.545 e. The monoisotopic (exact) mass is 502 g/mol. The Labute approximate surface area is 214 Å². The van der Waals surface area contributed by atoms with Gasteiger partial charge in [0, 0.05) is 41.5 Å². The molecule has 192 valence electrons. The molecule has 2 atom stereocenters. The molecule has 2 heterocycles. The maximum absolute atomic E-state index is 13.6. The molecule has 2 unspecified atom stereocenters. The van der Waals surface area contributed by atoms with Gasteiger partial charge in [-0.2, -0.15) is 0 Å². The third-order valence-corrected chi connectivity index (χ3v) is 6.85. The zero-order valence-corrected chi connectivity index (χ0v) is 21.0. The van der Waals surface area contributed by atoms with Crippen LogP contribution in [0, 0.1) is 24.0 Å². The van der Waals surface area contributed by atoms with Gasteiger partial charge in [-0.1, -0.05) is 42.5 Å². The van der Waals surface area contributed by atoms with E-state index in [4.69, 9.17) is 4.74 Å². The highest BCUT2D eigenvalue weighted by Gasteiger charge is 2.33. The van der Waals surface area contributed by atoms with Crippen molar-refractivity contribution in [2.24, 2.45) is 0 Å². The van der Waals surface area contributed by atoms with Crippen molar-refractivity contribution in [2.45, 2.75) is 52.3 Å². The number of likely N-dealkylation sites (tertiary alicyclic amines) is 1. The predicted molar refractivity (Wildman–Crippen MR) is 135 cm³/mol. The molecule has 2 aromatic carbocycles. The summed E-state index contributed by atoms with van der Waals surface area (Å²) in [5.41, 5.74) is 1.25. The van der Waals surface area contributed by atoms with Gasteiger partial charge >= 0.3 is 5.97 Å². The number of non-ortho nitro benzene ring substituents is 1. The number of pyridine rings is 1. The van der Waals surface area contributed by atoms with Gasteiger partial charge in [0.05, 0.1) is 22.1 Å². The molecule has 0 bridgehead atoms. The summed E-state index contributed by atoms with van der Waals surface area (Å²) in [4.78, 5) is 43.1. The van der Waals surface area contributed by atoms with Crippen LogP contribution in [0.1, 0.15) is 57.4 Å². The van der Waals surface area contributed by atoms with Crippen molar-refractivity contribution < 1.29 is 24.4 Å². The highest BCUT2D eigenvalue weighted by Crippen LogP contribution is 2.34. The van der Waals surface area contributed by atoms with Crippen LogP contribution in [0.25, 0.3) is 11.1 Å². The Balaban J connectivity index is 1.70. The Morgan fingerprint density at radius 3 is 2.46 bits per heavy atom. The molecule has 1 fully saturated rings. The first-order chi connectivity index (χ1) is 17.7. The minimum atomic E-state index is -1.53. The van der Waals surface area contributed by atoms with Gasteiger partial charge in [-0.3, -0.25) is 20.0 Å².